The van der Waals surface area contributed by atoms with Crippen LogP contribution in [0.4, 0.5) is 11.6 Å². The smallest absolute Gasteiger partial charge is 0.246 e. The van der Waals surface area contributed by atoms with Gasteiger partial charge in [0.25, 0.3) is 0 Å². The number of fused-ring (bicyclic) bond motifs is 1. The van der Waals surface area contributed by atoms with Gasteiger partial charge in [0.15, 0.2) is 0 Å². The van der Waals surface area contributed by atoms with Crippen molar-refractivity contribution in [2.75, 3.05) is 22.5 Å². The van der Waals surface area contributed by atoms with Gasteiger partial charge in [0, 0.05) is 23.8 Å². The summed E-state index contributed by atoms with van der Waals surface area (Å²) in [5.74, 6) is 1.01. The van der Waals surface area contributed by atoms with E-state index in [-0.39, 0.29) is 18.4 Å². The van der Waals surface area contributed by atoms with E-state index in [2.05, 4.69) is 24.1 Å². The molecule has 0 saturated carbocycles. The lowest BCUT2D eigenvalue weighted by Crippen LogP contribution is -2.41. The van der Waals surface area contributed by atoms with Crippen molar-refractivity contribution in [2.45, 2.75) is 25.3 Å². The van der Waals surface area contributed by atoms with Gasteiger partial charge in [0.1, 0.15) is 6.54 Å². The van der Waals surface area contributed by atoms with E-state index in [9.17, 15) is 9.59 Å². The summed E-state index contributed by atoms with van der Waals surface area (Å²) < 4.78 is 1.91. The van der Waals surface area contributed by atoms with Crippen LogP contribution in [0.1, 0.15) is 13.8 Å². The molecular formula is C17H20N4O2S. The van der Waals surface area contributed by atoms with Gasteiger partial charge in [-0.2, -0.15) is 0 Å². The Morgan fingerprint density at radius 3 is 2.96 bits per heavy atom. The molecular weight excluding hydrogens is 324 g/mol. The summed E-state index contributed by atoms with van der Waals surface area (Å²) in [5.41, 5.74) is 0.791. The first kappa shape index (κ1) is 16.6. The first-order valence-corrected chi connectivity index (χ1v) is 8.86. The number of thioether (sulfide) groups is 1. The van der Waals surface area contributed by atoms with Gasteiger partial charge in [-0.25, -0.2) is 4.98 Å². The third kappa shape index (κ3) is 3.62. The Labute approximate surface area is 145 Å². The van der Waals surface area contributed by atoms with Crippen LogP contribution in [0.15, 0.2) is 41.6 Å². The summed E-state index contributed by atoms with van der Waals surface area (Å²) in [6, 6.07) is 7.64. The highest BCUT2D eigenvalue weighted by Crippen LogP contribution is 2.34. The normalized spacial score (nSPS) is 14.0. The number of amides is 2. The second-order valence-corrected chi connectivity index (χ2v) is 7.10. The Kier molecular flexibility index (Phi) is 4.89. The van der Waals surface area contributed by atoms with Gasteiger partial charge in [0.2, 0.25) is 17.8 Å². The molecule has 126 valence electrons. The van der Waals surface area contributed by atoms with Gasteiger partial charge in [-0.15, -0.1) is 11.8 Å². The average molecular weight is 344 g/mol. The lowest BCUT2D eigenvalue weighted by molar-refractivity contribution is -0.120. The summed E-state index contributed by atoms with van der Waals surface area (Å²) >= 11 is 1.50. The molecule has 0 saturated heterocycles. The van der Waals surface area contributed by atoms with Crippen molar-refractivity contribution in [1.82, 2.24) is 9.55 Å². The molecule has 0 aliphatic carbocycles. The van der Waals surface area contributed by atoms with Crippen molar-refractivity contribution >= 4 is 35.2 Å². The molecule has 0 atom stereocenters. The molecule has 1 aliphatic heterocycles. The number of hydrogen-bond donors (Lipinski definition) is 1. The van der Waals surface area contributed by atoms with Crippen molar-refractivity contribution in [3.63, 3.8) is 0 Å². The van der Waals surface area contributed by atoms with Gasteiger partial charge in [-0.3, -0.25) is 14.9 Å². The largest absolute Gasteiger partial charge is 0.317 e. The van der Waals surface area contributed by atoms with Crippen molar-refractivity contribution in [1.29, 1.82) is 0 Å². The van der Waals surface area contributed by atoms with E-state index in [1.165, 1.54) is 16.7 Å². The van der Waals surface area contributed by atoms with Gasteiger partial charge < -0.3 is 9.47 Å². The molecule has 2 aromatic rings. The highest BCUT2D eigenvalue weighted by atomic mass is 32.2. The second-order valence-electron chi connectivity index (χ2n) is 6.08. The van der Waals surface area contributed by atoms with E-state index in [0.29, 0.717) is 17.6 Å². The maximum Gasteiger partial charge on any atom is 0.246 e. The Morgan fingerprint density at radius 2 is 2.17 bits per heavy atom. The van der Waals surface area contributed by atoms with Crippen LogP contribution in [-0.4, -0.2) is 33.7 Å². The van der Waals surface area contributed by atoms with E-state index in [1.54, 1.807) is 6.20 Å². The molecule has 1 aromatic heterocycles. The SMILES string of the molecule is CC(C)Cn1ccnc1NC(=O)CN1C(=O)CSc2ccccc21. The molecule has 0 unspecified atom stereocenters. The fourth-order valence-corrected chi connectivity index (χ4v) is 3.54. The minimum Gasteiger partial charge on any atom is -0.317 e. The zero-order valence-electron chi connectivity index (χ0n) is 13.7. The van der Waals surface area contributed by atoms with Crippen LogP contribution in [0.3, 0.4) is 0 Å². The van der Waals surface area contributed by atoms with Crippen LogP contribution in [0.2, 0.25) is 0 Å². The molecule has 1 aromatic carbocycles. The number of rotatable bonds is 5. The monoisotopic (exact) mass is 344 g/mol. The summed E-state index contributed by atoms with van der Waals surface area (Å²) in [5, 5.41) is 2.81. The van der Waals surface area contributed by atoms with Crippen LogP contribution in [-0.2, 0) is 16.1 Å². The number of hydrogen-bond acceptors (Lipinski definition) is 4. The predicted molar refractivity (Wildman–Crippen MR) is 95.2 cm³/mol. The number of aromatic nitrogens is 2. The number of carbonyl (C=O) groups is 2. The number of nitrogens with zero attached hydrogens (tertiary/aromatic N) is 3. The standard InChI is InChI=1S/C17H20N4O2S/c1-12(2)9-20-8-7-18-17(20)19-15(22)10-21-13-5-3-4-6-14(13)24-11-16(21)23/h3-8,12H,9-11H2,1-2H3,(H,18,19,22). The quantitative estimate of drug-likeness (QED) is 0.905. The molecule has 0 radical (unpaired) electrons. The molecule has 7 heteroatoms. The maximum atomic E-state index is 12.4. The number of nitrogens with one attached hydrogen (secondary N) is 1. The number of imidazole rings is 1. The fraction of sp³-hybridized carbons (Fsp3) is 0.353. The first-order valence-electron chi connectivity index (χ1n) is 7.88. The fourth-order valence-electron chi connectivity index (χ4n) is 2.61. The highest BCUT2D eigenvalue weighted by Gasteiger charge is 2.26. The third-order valence-electron chi connectivity index (χ3n) is 3.64. The highest BCUT2D eigenvalue weighted by molar-refractivity contribution is 8.00. The Hall–Kier alpha value is -2.28. The minimum absolute atomic E-state index is 0.00898. The van der Waals surface area contributed by atoms with Crippen molar-refractivity contribution < 1.29 is 9.59 Å². The van der Waals surface area contributed by atoms with Crippen LogP contribution in [0, 0.1) is 5.92 Å². The van der Waals surface area contributed by atoms with Crippen molar-refractivity contribution in [3.8, 4) is 0 Å². The topological polar surface area (TPSA) is 67.2 Å². The van der Waals surface area contributed by atoms with E-state index >= 15 is 0 Å². The summed E-state index contributed by atoms with van der Waals surface area (Å²) in [6.45, 7) is 4.97. The third-order valence-corrected chi connectivity index (χ3v) is 4.69. The number of carbonyl (C=O) groups excluding carboxylic acids is 2. The van der Waals surface area contributed by atoms with Crippen LogP contribution in [0.25, 0.3) is 0 Å². The number of anilines is 2. The molecule has 0 fully saturated rings. The summed E-state index contributed by atoms with van der Waals surface area (Å²) in [4.78, 5) is 31.4. The summed E-state index contributed by atoms with van der Waals surface area (Å²) in [7, 11) is 0. The second kappa shape index (κ2) is 7.09. The first-order chi connectivity index (χ1) is 11.5. The zero-order chi connectivity index (χ0) is 17.1. The molecule has 2 heterocycles. The zero-order valence-corrected chi connectivity index (χ0v) is 14.5. The van der Waals surface area contributed by atoms with E-state index in [1.807, 2.05) is 35.0 Å². The van der Waals surface area contributed by atoms with Gasteiger partial charge >= 0.3 is 0 Å². The Balaban J connectivity index is 1.71. The molecule has 6 nitrogen and oxygen atoms in total. The van der Waals surface area contributed by atoms with Gasteiger partial charge in [0.05, 0.1) is 11.4 Å². The van der Waals surface area contributed by atoms with Gasteiger partial charge in [-0.1, -0.05) is 26.0 Å². The predicted octanol–water partition coefficient (Wildman–Crippen LogP) is 2.62. The van der Waals surface area contributed by atoms with E-state index in [4.69, 9.17) is 0 Å². The van der Waals surface area contributed by atoms with Crippen molar-refractivity contribution in [3.05, 3.63) is 36.7 Å². The molecule has 2 amide bonds. The lowest BCUT2D eigenvalue weighted by Gasteiger charge is -2.28. The molecule has 1 N–H and O–H groups in total. The van der Waals surface area contributed by atoms with Crippen LogP contribution >= 0.6 is 11.8 Å². The Morgan fingerprint density at radius 1 is 1.38 bits per heavy atom. The summed E-state index contributed by atoms with van der Waals surface area (Å²) in [6.07, 6.45) is 3.50. The lowest BCUT2D eigenvalue weighted by atomic mass is 10.2. The number of benzene rings is 1. The molecule has 3 rings (SSSR count). The minimum atomic E-state index is -0.249. The van der Waals surface area contributed by atoms with Gasteiger partial charge in [-0.05, 0) is 18.1 Å². The van der Waals surface area contributed by atoms with E-state index in [0.717, 1.165) is 17.1 Å². The Bertz CT molecular complexity index is 757. The van der Waals surface area contributed by atoms with E-state index < -0.39 is 0 Å². The number of para-hydroxylation sites is 1. The average Bonchev–Trinajstić information content (AvgIpc) is 2.96. The maximum absolute atomic E-state index is 12.4. The molecule has 0 bridgehead atoms. The van der Waals surface area contributed by atoms with Crippen molar-refractivity contribution in [2.24, 2.45) is 5.92 Å². The molecule has 24 heavy (non-hydrogen) atoms. The van der Waals surface area contributed by atoms with Crippen LogP contribution < -0.4 is 10.2 Å². The van der Waals surface area contributed by atoms with Crippen LogP contribution in [0.5, 0.6) is 0 Å². The molecule has 1 aliphatic rings. The molecule has 0 spiro atoms.